The SMILES string of the molecule is Cc1nccnc1-c1nn2c(=O)cc(-c3ccc(C4CCCCC4)cc3)[nH]c2c1C(=O)N1CC(CF)C1C. The maximum absolute atomic E-state index is 13.8. The predicted molar refractivity (Wildman–Crippen MR) is 143 cm³/mol. The standard InChI is InChI=1S/C29H31FN6O2/c1-17-26(32-13-12-31-17)27-25(29(38)35-16-22(15-30)18(35)2)28-33-23(14-24(37)36(28)34-27)21-10-8-20(9-11-21)19-6-4-3-5-7-19/h8-14,18-19,22,33H,3-7,15-16H2,1-2H3. The van der Waals surface area contributed by atoms with Crippen LogP contribution in [0.5, 0.6) is 0 Å². The molecule has 4 aromatic rings. The van der Waals surface area contributed by atoms with Crippen molar-refractivity contribution >= 4 is 11.6 Å². The van der Waals surface area contributed by atoms with Crippen LogP contribution in [0.2, 0.25) is 0 Å². The first-order chi connectivity index (χ1) is 18.5. The van der Waals surface area contributed by atoms with Gasteiger partial charge in [-0.2, -0.15) is 9.61 Å². The summed E-state index contributed by atoms with van der Waals surface area (Å²) in [7, 11) is 0. The van der Waals surface area contributed by atoms with E-state index in [9.17, 15) is 14.0 Å². The monoisotopic (exact) mass is 514 g/mol. The summed E-state index contributed by atoms with van der Waals surface area (Å²) < 4.78 is 14.6. The Kier molecular flexibility index (Phi) is 6.29. The van der Waals surface area contributed by atoms with Gasteiger partial charge in [0.15, 0.2) is 5.65 Å². The van der Waals surface area contributed by atoms with Gasteiger partial charge in [-0.15, -0.1) is 0 Å². The quantitative estimate of drug-likeness (QED) is 0.407. The number of nitrogens with one attached hydrogen (secondary N) is 1. The lowest BCUT2D eigenvalue weighted by Crippen LogP contribution is -2.58. The van der Waals surface area contributed by atoms with Crippen LogP contribution in [-0.2, 0) is 0 Å². The zero-order chi connectivity index (χ0) is 26.4. The molecule has 0 spiro atoms. The lowest BCUT2D eigenvalue weighted by Gasteiger charge is -2.45. The number of alkyl halides is 1. The van der Waals surface area contributed by atoms with Gasteiger partial charge in [0.1, 0.15) is 17.0 Å². The number of H-pyrrole nitrogens is 1. The Bertz CT molecular complexity index is 1550. The number of carbonyl (C=O) groups is 1. The first kappa shape index (κ1) is 24.5. The van der Waals surface area contributed by atoms with Crippen molar-refractivity contribution in [2.45, 2.75) is 57.9 Å². The summed E-state index contributed by atoms with van der Waals surface area (Å²) in [5, 5.41) is 4.53. The molecule has 2 aliphatic rings. The van der Waals surface area contributed by atoms with E-state index in [1.807, 2.05) is 19.1 Å². The van der Waals surface area contributed by atoms with Crippen molar-refractivity contribution in [3.05, 3.63) is 69.9 Å². The first-order valence-electron chi connectivity index (χ1n) is 13.4. The number of amides is 1. The van der Waals surface area contributed by atoms with Gasteiger partial charge < -0.3 is 9.88 Å². The van der Waals surface area contributed by atoms with Crippen LogP contribution in [-0.4, -0.2) is 54.6 Å². The summed E-state index contributed by atoms with van der Waals surface area (Å²) in [6.45, 7) is 3.46. The van der Waals surface area contributed by atoms with E-state index < -0.39 is 6.67 Å². The molecular weight excluding hydrogens is 483 g/mol. The number of hydrogen-bond donors (Lipinski definition) is 1. The van der Waals surface area contributed by atoms with Crippen molar-refractivity contribution in [1.29, 1.82) is 0 Å². The molecule has 4 heterocycles. The lowest BCUT2D eigenvalue weighted by atomic mass is 9.84. The molecule has 2 unspecified atom stereocenters. The van der Waals surface area contributed by atoms with E-state index in [4.69, 9.17) is 0 Å². The molecule has 1 aromatic carbocycles. The van der Waals surface area contributed by atoms with Gasteiger partial charge in [-0.25, -0.2) is 0 Å². The average molecular weight is 515 g/mol. The molecule has 3 aromatic heterocycles. The van der Waals surface area contributed by atoms with Gasteiger partial charge >= 0.3 is 0 Å². The van der Waals surface area contributed by atoms with Crippen molar-refractivity contribution in [2.75, 3.05) is 13.2 Å². The summed E-state index contributed by atoms with van der Waals surface area (Å²) >= 11 is 0. The minimum absolute atomic E-state index is 0.195. The van der Waals surface area contributed by atoms with Crippen LogP contribution < -0.4 is 5.56 Å². The number of fused-ring (bicyclic) bond motifs is 1. The fourth-order valence-corrected chi connectivity index (χ4v) is 5.85. The molecular formula is C29H31FN6O2. The Labute approximate surface area is 219 Å². The third-order valence-corrected chi connectivity index (χ3v) is 8.30. The van der Waals surface area contributed by atoms with E-state index in [1.165, 1.54) is 54.4 Å². The van der Waals surface area contributed by atoms with Gasteiger partial charge in [0.05, 0.1) is 18.1 Å². The fraction of sp³-hybridized carbons (Fsp3) is 0.414. The maximum atomic E-state index is 13.8. The Morgan fingerprint density at radius 2 is 1.82 bits per heavy atom. The van der Waals surface area contributed by atoms with Crippen molar-refractivity contribution in [3.63, 3.8) is 0 Å². The minimum atomic E-state index is -0.479. The molecule has 196 valence electrons. The molecule has 1 aliphatic heterocycles. The molecule has 1 saturated carbocycles. The Balaban J connectivity index is 1.46. The van der Waals surface area contributed by atoms with Gasteiger partial charge in [-0.1, -0.05) is 43.5 Å². The molecule has 1 amide bonds. The van der Waals surface area contributed by atoms with E-state index in [1.54, 1.807) is 18.0 Å². The lowest BCUT2D eigenvalue weighted by molar-refractivity contribution is 0.0142. The summed E-state index contributed by atoms with van der Waals surface area (Å²) in [6.07, 6.45) is 9.38. The number of aryl methyl sites for hydroxylation is 1. The second-order valence-electron chi connectivity index (χ2n) is 10.6. The summed E-state index contributed by atoms with van der Waals surface area (Å²) in [6, 6.07) is 9.59. The van der Waals surface area contributed by atoms with Crippen LogP contribution in [0.3, 0.4) is 0 Å². The second kappa shape index (κ2) is 9.78. The average Bonchev–Trinajstić information content (AvgIpc) is 3.33. The van der Waals surface area contributed by atoms with E-state index in [2.05, 4.69) is 32.2 Å². The topological polar surface area (TPSA) is 96.2 Å². The van der Waals surface area contributed by atoms with Crippen LogP contribution in [0.1, 0.15) is 66.6 Å². The van der Waals surface area contributed by atoms with Gasteiger partial charge in [0.2, 0.25) is 0 Å². The zero-order valence-corrected chi connectivity index (χ0v) is 21.7. The van der Waals surface area contributed by atoms with Crippen LogP contribution in [0.4, 0.5) is 4.39 Å². The largest absolute Gasteiger partial charge is 0.339 e. The molecule has 1 saturated heterocycles. The highest BCUT2D eigenvalue weighted by Crippen LogP contribution is 2.35. The van der Waals surface area contributed by atoms with Crippen molar-refractivity contribution < 1.29 is 9.18 Å². The number of carbonyl (C=O) groups excluding carboxylic acids is 1. The molecule has 0 bridgehead atoms. The van der Waals surface area contributed by atoms with Crippen molar-refractivity contribution in [2.24, 2.45) is 5.92 Å². The van der Waals surface area contributed by atoms with E-state index in [-0.39, 0.29) is 34.7 Å². The molecule has 9 heteroatoms. The zero-order valence-electron chi connectivity index (χ0n) is 21.7. The molecule has 2 atom stereocenters. The second-order valence-corrected chi connectivity index (χ2v) is 10.6. The Hall–Kier alpha value is -3.88. The predicted octanol–water partition coefficient (Wildman–Crippen LogP) is 4.93. The third-order valence-electron chi connectivity index (χ3n) is 8.30. The summed E-state index contributed by atoms with van der Waals surface area (Å²) in [4.78, 5) is 40.8. The molecule has 8 nitrogen and oxygen atoms in total. The van der Waals surface area contributed by atoms with Crippen molar-refractivity contribution in [3.8, 4) is 22.6 Å². The fourth-order valence-electron chi connectivity index (χ4n) is 5.85. The number of nitrogens with zero attached hydrogens (tertiary/aromatic N) is 5. The number of rotatable bonds is 5. The summed E-state index contributed by atoms with van der Waals surface area (Å²) in [5.41, 5.74) is 4.28. The number of likely N-dealkylation sites (tertiary alicyclic amines) is 1. The van der Waals surface area contributed by atoms with Crippen LogP contribution in [0.15, 0.2) is 47.5 Å². The van der Waals surface area contributed by atoms with Gasteiger partial charge in [0, 0.05) is 37.0 Å². The Morgan fingerprint density at radius 3 is 2.50 bits per heavy atom. The summed E-state index contributed by atoms with van der Waals surface area (Å²) in [5.74, 6) is 0.0836. The normalized spacial score (nSPS) is 20.0. The number of benzene rings is 1. The third kappa shape index (κ3) is 4.10. The smallest absolute Gasteiger partial charge is 0.274 e. The Morgan fingerprint density at radius 1 is 1.08 bits per heavy atom. The highest BCUT2D eigenvalue weighted by molar-refractivity contribution is 6.06. The van der Waals surface area contributed by atoms with Gasteiger partial charge in [-0.05, 0) is 43.7 Å². The van der Waals surface area contributed by atoms with Gasteiger partial charge in [-0.3, -0.25) is 23.9 Å². The highest BCUT2D eigenvalue weighted by Gasteiger charge is 2.41. The molecule has 6 rings (SSSR count). The molecule has 1 N–H and O–H groups in total. The number of hydrogen-bond acceptors (Lipinski definition) is 5. The number of halogens is 1. The molecule has 2 fully saturated rings. The molecule has 1 aliphatic carbocycles. The first-order valence-corrected chi connectivity index (χ1v) is 13.4. The minimum Gasteiger partial charge on any atom is -0.339 e. The van der Waals surface area contributed by atoms with Crippen LogP contribution in [0.25, 0.3) is 28.3 Å². The maximum Gasteiger partial charge on any atom is 0.274 e. The number of aromatic nitrogens is 5. The van der Waals surface area contributed by atoms with Gasteiger partial charge in [0.25, 0.3) is 11.5 Å². The molecule has 0 radical (unpaired) electrons. The van der Waals surface area contributed by atoms with E-state index >= 15 is 0 Å². The van der Waals surface area contributed by atoms with E-state index in [0.29, 0.717) is 35.2 Å². The molecule has 38 heavy (non-hydrogen) atoms. The highest BCUT2D eigenvalue weighted by atomic mass is 19.1. The number of aromatic amines is 1. The van der Waals surface area contributed by atoms with E-state index in [0.717, 1.165) is 5.56 Å². The van der Waals surface area contributed by atoms with Crippen LogP contribution >= 0.6 is 0 Å². The van der Waals surface area contributed by atoms with Crippen molar-refractivity contribution in [1.82, 2.24) is 29.5 Å². The van der Waals surface area contributed by atoms with Crippen LogP contribution in [0, 0.1) is 12.8 Å².